The normalized spacial score (nSPS) is 9.85. The summed E-state index contributed by atoms with van der Waals surface area (Å²) in [7, 11) is 0. The summed E-state index contributed by atoms with van der Waals surface area (Å²) in [5.41, 5.74) is 3.09. The Morgan fingerprint density at radius 3 is 2.31 bits per heavy atom. The van der Waals surface area contributed by atoms with Gasteiger partial charge in [0.05, 0.1) is 0 Å². The van der Waals surface area contributed by atoms with Gasteiger partial charge in [-0.2, -0.15) is 11.3 Å². The molecule has 0 unspecified atom stereocenters. The molecule has 1 heterocycles. The van der Waals surface area contributed by atoms with E-state index in [2.05, 4.69) is 11.4 Å². The molecule has 64 valence electrons. The number of rotatable bonds is 2. The van der Waals surface area contributed by atoms with Gasteiger partial charge in [0.1, 0.15) is 6.29 Å². The fourth-order valence-electron chi connectivity index (χ4n) is 1.18. The van der Waals surface area contributed by atoms with E-state index >= 15 is 0 Å². The van der Waals surface area contributed by atoms with E-state index in [1.165, 1.54) is 5.56 Å². The van der Waals surface area contributed by atoms with Gasteiger partial charge >= 0.3 is 0 Å². The van der Waals surface area contributed by atoms with Crippen molar-refractivity contribution in [2.45, 2.75) is 0 Å². The summed E-state index contributed by atoms with van der Waals surface area (Å²) in [5.74, 6) is 0. The zero-order valence-electron chi connectivity index (χ0n) is 6.94. The molecule has 0 N–H and O–H groups in total. The molecule has 1 aromatic heterocycles. The maximum Gasteiger partial charge on any atom is 0.150 e. The minimum Gasteiger partial charge on any atom is -0.298 e. The second-order valence-corrected chi connectivity index (χ2v) is 3.53. The Morgan fingerprint density at radius 1 is 1.00 bits per heavy atom. The molecule has 0 atom stereocenters. The predicted molar refractivity (Wildman–Crippen MR) is 55.1 cm³/mol. The highest BCUT2D eigenvalue weighted by Gasteiger charge is 1.96. The Kier molecular flexibility index (Phi) is 2.23. The topological polar surface area (TPSA) is 17.1 Å². The minimum absolute atomic E-state index is 0.721. The zero-order valence-corrected chi connectivity index (χ0v) is 7.75. The van der Waals surface area contributed by atoms with E-state index in [0.717, 1.165) is 17.4 Å². The molecule has 0 bridgehead atoms. The van der Waals surface area contributed by atoms with Crippen LogP contribution >= 0.6 is 11.3 Å². The van der Waals surface area contributed by atoms with Crippen molar-refractivity contribution in [3.63, 3.8) is 0 Å². The number of benzene rings is 1. The smallest absolute Gasteiger partial charge is 0.150 e. The molecule has 2 rings (SSSR count). The fourth-order valence-corrected chi connectivity index (χ4v) is 1.85. The van der Waals surface area contributed by atoms with E-state index in [0.29, 0.717) is 0 Å². The van der Waals surface area contributed by atoms with Crippen molar-refractivity contribution in [3.05, 3.63) is 46.7 Å². The summed E-state index contributed by atoms with van der Waals surface area (Å²) in [5, 5.41) is 4.14. The van der Waals surface area contributed by atoms with E-state index in [4.69, 9.17) is 0 Å². The average Bonchev–Trinajstić information content (AvgIpc) is 2.71. The van der Waals surface area contributed by atoms with Crippen molar-refractivity contribution in [2.75, 3.05) is 0 Å². The summed E-state index contributed by atoms with van der Waals surface area (Å²) in [6.45, 7) is 0. The summed E-state index contributed by atoms with van der Waals surface area (Å²) in [6.07, 6.45) is 0.859. The van der Waals surface area contributed by atoms with Crippen LogP contribution in [0, 0.1) is 0 Å². The lowest BCUT2D eigenvalue weighted by atomic mass is 10.1. The molecule has 0 aliphatic heterocycles. The van der Waals surface area contributed by atoms with E-state index in [-0.39, 0.29) is 0 Å². The third kappa shape index (κ3) is 1.68. The molecule has 0 amide bonds. The van der Waals surface area contributed by atoms with Crippen molar-refractivity contribution in [1.29, 1.82) is 0 Å². The molecule has 0 saturated heterocycles. The van der Waals surface area contributed by atoms with Crippen LogP contribution in [-0.2, 0) is 0 Å². The number of thiophene rings is 1. The molecular formula is C11H8OS. The summed E-state index contributed by atoms with van der Waals surface area (Å²) in [6, 6.07) is 9.66. The van der Waals surface area contributed by atoms with Gasteiger partial charge in [0.2, 0.25) is 0 Å². The van der Waals surface area contributed by atoms with Crippen LogP contribution < -0.4 is 0 Å². The highest BCUT2D eigenvalue weighted by molar-refractivity contribution is 7.08. The predicted octanol–water partition coefficient (Wildman–Crippen LogP) is 3.23. The van der Waals surface area contributed by atoms with Crippen LogP contribution in [0.3, 0.4) is 0 Å². The van der Waals surface area contributed by atoms with Gasteiger partial charge in [-0.25, -0.2) is 0 Å². The molecule has 0 saturated carbocycles. The SMILES string of the molecule is O=Cc1ccc(-c2ccsc2)cc1. The number of hydrogen-bond acceptors (Lipinski definition) is 2. The largest absolute Gasteiger partial charge is 0.298 e. The van der Waals surface area contributed by atoms with Crippen LogP contribution in [0.5, 0.6) is 0 Å². The Bertz CT molecular complexity index is 387. The van der Waals surface area contributed by atoms with E-state index in [1.807, 2.05) is 29.6 Å². The van der Waals surface area contributed by atoms with Crippen molar-refractivity contribution in [2.24, 2.45) is 0 Å². The zero-order chi connectivity index (χ0) is 9.10. The molecule has 1 nitrogen and oxygen atoms in total. The van der Waals surface area contributed by atoms with Crippen LogP contribution in [0.4, 0.5) is 0 Å². The third-order valence-electron chi connectivity index (χ3n) is 1.90. The first-order chi connectivity index (χ1) is 6.40. The Balaban J connectivity index is 2.38. The summed E-state index contributed by atoms with van der Waals surface area (Å²) in [4.78, 5) is 10.4. The molecule has 0 aliphatic carbocycles. The number of aldehydes is 1. The van der Waals surface area contributed by atoms with Crippen LogP contribution in [0.15, 0.2) is 41.1 Å². The average molecular weight is 188 g/mol. The van der Waals surface area contributed by atoms with Gasteiger partial charge in [-0.15, -0.1) is 0 Å². The molecule has 2 aromatic rings. The van der Waals surface area contributed by atoms with Gasteiger partial charge in [0.15, 0.2) is 0 Å². The summed E-state index contributed by atoms with van der Waals surface area (Å²) >= 11 is 1.67. The van der Waals surface area contributed by atoms with E-state index < -0.39 is 0 Å². The van der Waals surface area contributed by atoms with Gasteiger partial charge in [-0.05, 0) is 28.0 Å². The highest BCUT2D eigenvalue weighted by atomic mass is 32.1. The fraction of sp³-hybridized carbons (Fsp3) is 0. The lowest BCUT2D eigenvalue weighted by molar-refractivity contribution is 0.112. The molecule has 13 heavy (non-hydrogen) atoms. The molecule has 0 spiro atoms. The quantitative estimate of drug-likeness (QED) is 0.661. The van der Waals surface area contributed by atoms with Crippen LogP contribution in [0.2, 0.25) is 0 Å². The third-order valence-corrected chi connectivity index (χ3v) is 2.58. The first kappa shape index (κ1) is 8.20. The molecule has 0 radical (unpaired) electrons. The van der Waals surface area contributed by atoms with Crippen molar-refractivity contribution >= 4 is 17.6 Å². The lowest BCUT2D eigenvalue weighted by Gasteiger charge is -1.96. The Morgan fingerprint density at radius 2 is 1.77 bits per heavy atom. The minimum atomic E-state index is 0.721. The number of hydrogen-bond donors (Lipinski definition) is 0. The lowest BCUT2D eigenvalue weighted by Crippen LogP contribution is -1.78. The van der Waals surface area contributed by atoms with Crippen LogP contribution in [0.1, 0.15) is 10.4 Å². The van der Waals surface area contributed by atoms with Gasteiger partial charge in [0, 0.05) is 5.56 Å². The second kappa shape index (κ2) is 3.54. The first-order valence-corrected chi connectivity index (χ1v) is 4.92. The van der Waals surface area contributed by atoms with Gasteiger partial charge in [0.25, 0.3) is 0 Å². The number of carbonyl (C=O) groups is 1. The van der Waals surface area contributed by atoms with Gasteiger partial charge in [-0.1, -0.05) is 24.3 Å². The van der Waals surface area contributed by atoms with Gasteiger partial charge < -0.3 is 0 Å². The molecule has 0 fully saturated rings. The van der Waals surface area contributed by atoms with Gasteiger partial charge in [-0.3, -0.25) is 4.79 Å². The van der Waals surface area contributed by atoms with Crippen molar-refractivity contribution < 1.29 is 4.79 Å². The second-order valence-electron chi connectivity index (χ2n) is 2.75. The molecule has 1 aromatic carbocycles. The molecular weight excluding hydrogens is 180 g/mol. The highest BCUT2D eigenvalue weighted by Crippen LogP contribution is 2.21. The maximum atomic E-state index is 10.4. The Hall–Kier alpha value is -1.41. The summed E-state index contributed by atoms with van der Waals surface area (Å²) < 4.78 is 0. The van der Waals surface area contributed by atoms with E-state index in [9.17, 15) is 4.79 Å². The van der Waals surface area contributed by atoms with E-state index in [1.54, 1.807) is 11.3 Å². The maximum absolute atomic E-state index is 10.4. The Labute approximate surface area is 80.7 Å². The van der Waals surface area contributed by atoms with Crippen molar-refractivity contribution in [1.82, 2.24) is 0 Å². The monoisotopic (exact) mass is 188 g/mol. The van der Waals surface area contributed by atoms with Crippen LogP contribution in [0.25, 0.3) is 11.1 Å². The first-order valence-electron chi connectivity index (χ1n) is 3.98. The van der Waals surface area contributed by atoms with Crippen LogP contribution in [-0.4, -0.2) is 6.29 Å². The standard InChI is InChI=1S/C11H8OS/c12-7-9-1-3-10(4-2-9)11-5-6-13-8-11/h1-8H. The molecule has 0 aliphatic rings. The number of carbonyl (C=O) groups excluding carboxylic acids is 1. The molecule has 2 heteroatoms. The van der Waals surface area contributed by atoms with Crippen molar-refractivity contribution in [3.8, 4) is 11.1 Å².